The zero-order chi connectivity index (χ0) is 13.7. The number of Topliss-reactive ketones (excluding diaryl/α,β-unsaturated/α-hetero) is 1. The number of anilines is 1. The van der Waals surface area contributed by atoms with Gasteiger partial charge in [-0.3, -0.25) is 14.9 Å². The summed E-state index contributed by atoms with van der Waals surface area (Å²) in [5.74, 6) is -0.312. The summed E-state index contributed by atoms with van der Waals surface area (Å²) in [5, 5.41) is 10.9. The minimum Gasteiger partial charge on any atom is -0.383 e. The fourth-order valence-corrected chi connectivity index (χ4v) is 1.56. The van der Waals surface area contributed by atoms with Crippen molar-refractivity contribution < 1.29 is 14.5 Å². The van der Waals surface area contributed by atoms with Crippen molar-refractivity contribution in [2.24, 2.45) is 0 Å². The topological polar surface area (TPSA) is 72.7 Å². The van der Waals surface area contributed by atoms with Gasteiger partial charge in [0.25, 0.3) is 5.69 Å². The van der Waals surface area contributed by atoms with Crippen LogP contribution in [0.4, 0.5) is 11.4 Å². The summed E-state index contributed by atoms with van der Waals surface area (Å²) in [5.41, 5.74) is 0.650. The predicted octanol–water partition coefficient (Wildman–Crippen LogP) is 1.88. The number of hydrogen-bond acceptors (Lipinski definition) is 5. The molecule has 0 unspecified atom stereocenters. The number of likely N-dealkylation sites (N-methyl/N-ethyl adjacent to an activating group) is 1. The minimum atomic E-state index is -0.537. The summed E-state index contributed by atoms with van der Waals surface area (Å²) in [6, 6.07) is 4.59. The van der Waals surface area contributed by atoms with Gasteiger partial charge in [-0.05, 0) is 19.1 Å². The van der Waals surface area contributed by atoms with E-state index in [0.29, 0.717) is 18.8 Å². The maximum Gasteiger partial charge on any atom is 0.282 e. The number of carbonyl (C=O) groups excluding carboxylic acids is 1. The monoisotopic (exact) mass is 252 g/mol. The molecule has 98 valence electrons. The highest BCUT2D eigenvalue weighted by molar-refractivity contribution is 5.98. The maximum absolute atomic E-state index is 11.3. The molecule has 1 aromatic rings. The SMILES string of the molecule is COCCN(C)c1ccc(C(C)=O)c([N+](=O)[O-])c1. The molecular formula is C12H16N2O4. The normalized spacial score (nSPS) is 10.2. The number of nitro benzene ring substituents is 1. The molecule has 0 atom stereocenters. The molecule has 0 aliphatic carbocycles. The molecule has 0 aliphatic heterocycles. The van der Waals surface area contributed by atoms with Crippen LogP contribution in [-0.2, 0) is 4.74 Å². The van der Waals surface area contributed by atoms with Gasteiger partial charge in [-0.25, -0.2) is 0 Å². The van der Waals surface area contributed by atoms with Crippen molar-refractivity contribution in [3.63, 3.8) is 0 Å². The molecule has 0 spiro atoms. The second-order valence-electron chi connectivity index (χ2n) is 3.93. The molecular weight excluding hydrogens is 236 g/mol. The first-order valence-electron chi connectivity index (χ1n) is 5.46. The van der Waals surface area contributed by atoms with Gasteiger partial charge in [0.1, 0.15) is 0 Å². The van der Waals surface area contributed by atoms with Gasteiger partial charge >= 0.3 is 0 Å². The first-order chi connectivity index (χ1) is 8.47. The smallest absolute Gasteiger partial charge is 0.282 e. The molecule has 1 aromatic carbocycles. The number of nitro groups is 1. The first kappa shape index (κ1) is 14.1. The molecule has 0 saturated carbocycles. The van der Waals surface area contributed by atoms with Crippen LogP contribution < -0.4 is 4.90 Å². The molecule has 0 aliphatic rings. The fraction of sp³-hybridized carbons (Fsp3) is 0.417. The van der Waals surface area contributed by atoms with Crippen molar-refractivity contribution >= 4 is 17.2 Å². The van der Waals surface area contributed by atoms with Gasteiger partial charge in [-0.1, -0.05) is 0 Å². The van der Waals surface area contributed by atoms with Gasteiger partial charge < -0.3 is 9.64 Å². The van der Waals surface area contributed by atoms with Gasteiger partial charge in [0.15, 0.2) is 5.78 Å². The molecule has 6 nitrogen and oxygen atoms in total. The van der Waals surface area contributed by atoms with Crippen molar-refractivity contribution in [1.29, 1.82) is 0 Å². The highest BCUT2D eigenvalue weighted by Gasteiger charge is 2.18. The molecule has 6 heteroatoms. The predicted molar refractivity (Wildman–Crippen MR) is 68.2 cm³/mol. The van der Waals surface area contributed by atoms with Gasteiger partial charge in [-0.15, -0.1) is 0 Å². The molecule has 18 heavy (non-hydrogen) atoms. The Labute approximate surface area is 105 Å². The molecule has 0 amide bonds. The van der Waals surface area contributed by atoms with Gasteiger partial charge in [-0.2, -0.15) is 0 Å². The van der Waals surface area contributed by atoms with Crippen LogP contribution in [0.1, 0.15) is 17.3 Å². The third-order valence-electron chi connectivity index (χ3n) is 2.63. The Morgan fingerprint density at radius 2 is 2.17 bits per heavy atom. The average Bonchev–Trinajstić information content (AvgIpc) is 2.34. The van der Waals surface area contributed by atoms with Crippen LogP contribution in [0.15, 0.2) is 18.2 Å². The van der Waals surface area contributed by atoms with E-state index < -0.39 is 4.92 Å². The Kier molecular flexibility index (Phi) is 4.79. The zero-order valence-corrected chi connectivity index (χ0v) is 10.7. The van der Waals surface area contributed by atoms with Crippen LogP contribution in [0.3, 0.4) is 0 Å². The Morgan fingerprint density at radius 1 is 1.50 bits per heavy atom. The van der Waals surface area contributed by atoms with Crippen LogP contribution in [0.25, 0.3) is 0 Å². The maximum atomic E-state index is 11.3. The van der Waals surface area contributed by atoms with E-state index in [9.17, 15) is 14.9 Å². The summed E-state index contributed by atoms with van der Waals surface area (Å²) in [7, 11) is 3.40. The van der Waals surface area contributed by atoms with Crippen LogP contribution >= 0.6 is 0 Å². The molecule has 0 N–H and O–H groups in total. The second-order valence-corrected chi connectivity index (χ2v) is 3.93. The number of ketones is 1. The van der Waals surface area contributed by atoms with Gasteiger partial charge in [0, 0.05) is 32.5 Å². The molecule has 0 heterocycles. The summed E-state index contributed by atoms with van der Waals surface area (Å²) in [4.78, 5) is 23.5. The van der Waals surface area contributed by atoms with E-state index in [4.69, 9.17) is 4.74 Å². The minimum absolute atomic E-state index is 0.129. The molecule has 0 aromatic heterocycles. The molecule has 0 saturated heterocycles. The van der Waals surface area contributed by atoms with E-state index in [1.165, 1.54) is 19.1 Å². The van der Waals surface area contributed by atoms with Crippen molar-refractivity contribution in [3.05, 3.63) is 33.9 Å². The highest BCUT2D eigenvalue weighted by Crippen LogP contribution is 2.25. The van der Waals surface area contributed by atoms with Crippen molar-refractivity contribution in [2.75, 3.05) is 32.2 Å². The van der Waals surface area contributed by atoms with Crippen molar-refractivity contribution in [2.45, 2.75) is 6.92 Å². The molecule has 0 radical (unpaired) electrons. The molecule has 0 fully saturated rings. The largest absolute Gasteiger partial charge is 0.383 e. The Bertz CT molecular complexity index is 459. The Hall–Kier alpha value is -1.95. The Morgan fingerprint density at radius 3 is 2.67 bits per heavy atom. The van der Waals surface area contributed by atoms with Crippen LogP contribution in [0.2, 0.25) is 0 Å². The van der Waals surface area contributed by atoms with Crippen LogP contribution in [-0.4, -0.2) is 38.0 Å². The lowest BCUT2D eigenvalue weighted by atomic mass is 10.1. The highest BCUT2D eigenvalue weighted by atomic mass is 16.6. The van der Waals surface area contributed by atoms with Crippen LogP contribution in [0, 0.1) is 10.1 Å². The number of carbonyl (C=O) groups is 1. The lowest BCUT2D eigenvalue weighted by Gasteiger charge is -2.18. The van der Waals surface area contributed by atoms with E-state index in [-0.39, 0.29) is 17.0 Å². The summed E-state index contributed by atoms with van der Waals surface area (Å²) in [6.07, 6.45) is 0. The second kappa shape index (κ2) is 6.11. The average molecular weight is 252 g/mol. The van der Waals surface area contributed by atoms with Gasteiger partial charge in [0.05, 0.1) is 17.1 Å². The molecule has 0 bridgehead atoms. The Balaban J connectivity index is 3.07. The fourth-order valence-electron chi connectivity index (χ4n) is 1.56. The van der Waals surface area contributed by atoms with E-state index >= 15 is 0 Å². The first-order valence-corrected chi connectivity index (χ1v) is 5.46. The standard InChI is InChI=1S/C12H16N2O4/c1-9(15)11-5-4-10(8-12(11)14(16)17)13(2)6-7-18-3/h4-5,8H,6-7H2,1-3H3. The quantitative estimate of drug-likeness (QED) is 0.439. The summed E-state index contributed by atoms with van der Waals surface area (Å²) in [6.45, 7) is 2.46. The van der Waals surface area contributed by atoms with E-state index in [0.717, 1.165) is 0 Å². The summed E-state index contributed by atoms with van der Waals surface area (Å²) < 4.78 is 4.94. The number of hydrogen-bond donors (Lipinski definition) is 0. The van der Waals surface area contributed by atoms with E-state index in [1.54, 1.807) is 13.2 Å². The van der Waals surface area contributed by atoms with Crippen molar-refractivity contribution in [3.8, 4) is 0 Å². The van der Waals surface area contributed by atoms with E-state index in [2.05, 4.69) is 0 Å². The number of methoxy groups -OCH3 is 1. The third kappa shape index (κ3) is 3.27. The number of rotatable bonds is 6. The lowest BCUT2D eigenvalue weighted by molar-refractivity contribution is -0.385. The summed E-state index contributed by atoms with van der Waals surface area (Å²) >= 11 is 0. The lowest BCUT2D eigenvalue weighted by Crippen LogP contribution is -2.22. The van der Waals surface area contributed by atoms with E-state index in [1.807, 2.05) is 11.9 Å². The number of benzene rings is 1. The molecule has 1 rings (SSSR count). The zero-order valence-electron chi connectivity index (χ0n) is 10.7. The number of ether oxygens (including phenoxy) is 1. The van der Waals surface area contributed by atoms with Crippen molar-refractivity contribution in [1.82, 2.24) is 0 Å². The third-order valence-corrected chi connectivity index (χ3v) is 2.63. The van der Waals surface area contributed by atoms with Gasteiger partial charge in [0.2, 0.25) is 0 Å². The van der Waals surface area contributed by atoms with Crippen LogP contribution in [0.5, 0.6) is 0 Å². The number of nitrogens with zero attached hydrogens (tertiary/aromatic N) is 2.